The number of aryl methyl sites for hydroxylation is 1. The molecule has 0 spiro atoms. The second-order valence-corrected chi connectivity index (χ2v) is 3.44. The number of carbonyl (C=O) groups is 1. The number of hydrogen-bond acceptors (Lipinski definition) is 2. The lowest BCUT2D eigenvalue weighted by atomic mass is 10.1. The van der Waals surface area contributed by atoms with Crippen LogP contribution in [0.1, 0.15) is 11.1 Å². The van der Waals surface area contributed by atoms with E-state index in [4.69, 9.17) is 5.73 Å². The van der Waals surface area contributed by atoms with Crippen LogP contribution in [0.5, 0.6) is 0 Å². The molecule has 14 heavy (non-hydrogen) atoms. The average Bonchev–Trinajstić information content (AvgIpc) is 2.20. The highest BCUT2D eigenvalue weighted by atomic mass is 16.2. The van der Waals surface area contributed by atoms with Crippen LogP contribution in [0.4, 0.5) is 0 Å². The molecule has 0 aliphatic carbocycles. The molecule has 2 N–H and O–H groups in total. The number of nitrogens with two attached hydrogens (primary N) is 1. The first kappa shape index (κ1) is 10.7. The summed E-state index contributed by atoms with van der Waals surface area (Å²) >= 11 is 0. The lowest BCUT2D eigenvalue weighted by molar-refractivity contribution is -0.128. The Morgan fingerprint density at radius 1 is 1.36 bits per heavy atom. The molecule has 0 aliphatic heterocycles. The summed E-state index contributed by atoms with van der Waals surface area (Å²) in [4.78, 5) is 12.8. The number of likely N-dealkylation sites (N-methyl/N-ethyl adjacent to an activating group) is 1. The van der Waals surface area contributed by atoms with E-state index in [2.05, 4.69) is 0 Å². The van der Waals surface area contributed by atoms with Gasteiger partial charge in [-0.05, 0) is 12.5 Å². The third kappa shape index (κ3) is 2.85. The van der Waals surface area contributed by atoms with Crippen molar-refractivity contribution in [2.24, 2.45) is 5.73 Å². The minimum Gasteiger partial charge on any atom is -0.340 e. The van der Waals surface area contributed by atoms with Crippen molar-refractivity contribution in [1.82, 2.24) is 4.90 Å². The zero-order valence-electron chi connectivity index (χ0n) is 8.66. The Balaban J connectivity index is 2.60. The molecule has 1 rings (SSSR count). The van der Waals surface area contributed by atoms with Crippen LogP contribution in [0.25, 0.3) is 0 Å². The van der Waals surface area contributed by atoms with E-state index in [1.165, 1.54) is 5.56 Å². The molecule has 3 heteroatoms. The van der Waals surface area contributed by atoms with Gasteiger partial charge >= 0.3 is 0 Å². The smallest absolute Gasteiger partial charge is 0.236 e. The maximum Gasteiger partial charge on any atom is 0.236 e. The van der Waals surface area contributed by atoms with E-state index in [0.717, 1.165) is 5.56 Å². The van der Waals surface area contributed by atoms with Crippen LogP contribution in [0, 0.1) is 6.92 Å². The van der Waals surface area contributed by atoms with E-state index < -0.39 is 0 Å². The lowest BCUT2D eigenvalue weighted by Gasteiger charge is -2.16. The number of amides is 1. The number of rotatable bonds is 3. The summed E-state index contributed by atoms with van der Waals surface area (Å²) in [5.41, 5.74) is 7.61. The van der Waals surface area contributed by atoms with Gasteiger partial charge in [-0.3, -0.25) is 4.79 Å². The van der Waals surface area contributed by atoms with Crippen molar-refractivity contribution in [1.29, 1.82) is 0 Å². The van der Waals surface area contributed by atoms with Crippen molar-refractivity contribution in [2.45, 2.75) is 13.5 Å². The number of nitrogens with zero attached hydrogens (tertiary/aromatic N) is 1. The maximum absolute atomic E-state index is 11.2. The van der Waals surface area contributed by atoms with Crippen molar-refractivity contribution in [3.05, 3.63) is 35.4 Å². The monoisotopic (exact) mass is 192 g/mol. The Hall–Kier alpha value is -1.35. The summed E-state index contributed by atoms with van der Waals surface area (Å²) in [6.07, 6.45) is 0. The van der Waals surface area contributed by atoms with E-state index in [0.29, 0.717) is 6.54 Å². The predicted octanol–water partition coefficient (Wildman–Crippen LogP) is 0.912. The van der Waals surface area contributed by atoms with Gasteiger partial charge in [0.1, 0.15) is 0 Å². The predicted molar refractivity (Wildman–Crippen MR) is 56.7 cm³/mol. The van der Waals surface area contributed by atoms with Gasteiger partial charge in [-0.2, -0.15) is 0 Å². The molecule has 0 fully saturated rings. The van der Waals surface area contributed by atoms with E-state index in [9.17, 15) is 4.79 Å². The summed E-state index contributed by atoms with van der Waals surface area (Å²) in [5, 5.41) is 0. The van der Waals surface area contributed by atoms with Gasteiger partial charge in [0.2, 0.25) is 5.91 Å². The Bertz CT molecular complexity index is 306. The van der Waals surface area contributed by atoms with Crippen molar-refractivity contribution in [3.63, 3.8) is 0 Å². The fourth-order valence-electron chi connectivity index (χ4n) is 1.21. The normalized spacial score (nSPS) is 9.93. The van der Waals surface area contributed by atoms with Gasteiger partial charge in [-0.15, -0.1) is 0 Å². The van der Waals surface area contributed by atoms with E-state index in [-0.39, 0.29) is 12.5 Å². The number of hydrogen-bond donors (Lipinski definition) is 1. The van der Waals surface area contributed by atoms with Crippen LogP contribution in [0.2, 0.25) is 0 Å². The van der Waals surface area contributed by atoms with Gasteiger partial charge in [0.05, 0.1) is 6.54 Å². The highest BCUT2D eigenvalue weighted by molar-refractivity contribution is 5.77. The highest BCUT2D eigenvalue weighted by Crippen LogP contribution is 2.05. The third-order valence-electron chi connectivity index (χ3n) is 2.14. The van der Waals surface area contributed by atoms with Gasteiger partial charge in [-0.1, -0.05) is 29.8 Å². The molecule has 0 saturated carbocycles. The third-order valence-corrected chi connectivity index (χ3v) is 2.14. The first-order chi connectivity index (χ1) is 6.63. The van der Waals surface area contributed by atoms with Crippen LogP contribution < -0.4 is 5.73 Å². The topological polar surface area (TPSA) is 46.3 Å². The molecule has 0 atom stereocenters. The largest absolute Gasteiger partial charge is 0.340 e. The van der Waals surface area contributed by atoms with Crippen LogP contribution in [0.3, 0.4) is 0 Å². The average molecular weight is 192 g/mol. The molecule has 0 radical (unpaired) electrons. The zero-order chi connectivity index (χ0) is 10.6. The Morgan fingerprint density at radius 2 is 1.93 bits per heavy atom. The minimum atomic E-state index is -0.0365. The van der Waals surface area contributed by atoms with Crippen LogP contribution in [-0.4, -0.2) is 24.4 Å². The molecule has 1 aromatic rings. The molecular formula is C11H16N2O. The van der Waals surface area contributed by atoms with Crippen LogP contribution in [0.15, 0.2) is 24.3 Å². The second kappa shape index (κ2) is 4.77. The molecule has 0 aromatic heterocycles. The van der Waals surface area contributed by atoms with Crippen molar-refractivity contribution < 1.29 is 4.79 Å². The molecular weight excluding hydrogens is 176 g/mol. The highest BCUT2D eigenvalue weighted by Gasteiger charge is 2.05. The van der Waals surface area contributed by atoms with Gasteiger partial charge < -0.3 is 10.6 Å². The van der Waals surface area contributed by atoms with Crippen LogP contribution >= 0.6 is 0 Å². The molecule has 0 aliphatic rings. The first-order valence-electron chi connectivity index (χ1n) is 4.63. The van der Waals surface area contributed by atoms with Crippen LogP contribution in [-0.2, 0) is 11.3 Å². The summed E-state index contributed by atoms with van der Waals surface area (Å²) < 4.78 is 0. The first-order valence-corrected chi connectivity index (χ1v) is 4.63. The summed E-state index contributed by atoms with van der Waals surface area (Å²) in [6.45, 7) is 2.73. The van der Waals surface area contributed by atoms with E-state index in [1.807, 2.05) is 31.2 Å². The SMILES string of the molecule is Cc1ccc(CN(C)C(=O)CN)cc1. The van der Waals surface area contributed by atoms with Crippen molar-refractivity contribution >= 4 is 5.91 Å². The molecule has 1 amide bonds. The minimum absolute atomic E-state index is 0.0365. The molecule has 0 bridgehead atoms. The molecule has 3 nitrogen and oxygen atoms in total. The number of benzene rings is 1. The fourth-order valence-corrected chi connectivity index (χ4v) is 1.21. The fraction of sp³-hybridized carbons (Fsp3) is 0.364. The lowest BCUT2D eigenvalue weighted by Crippen LogP contribution is -2.32. The van der Waals surface area contributed by atoms with Gasteiger partial charge in [0, 0.05) is 13.6 Å². The van der Waals surface area contributed by atoms with Crippen molar-refractivity contribution in [2.75, 3.05) is 13.6 Å². The summed E-state index contributed by atoms with van der Waals surface area (Å²) in [5.74, 6) is -0.0365. The standard InChI is InChI=1S/C11H16N2O/c1-9-3-5-10(6-4-9)8-13(2)11(14)7-12/h3-6H,7-8,12H2,1-2H3. The number of carbonyl (C=O) groups excluding carboxylic acids is 1. The molecule has 0 saturated heterocycles. The molecule has 0 unspecified atom stereocenters. The van der Waals surface area contributed by atoms with Crippen molar-refractivity contribution in [3.8, 4) is 0 Å². The van der Waals surface area contributed by atoms with Gasteiger partial charge in [0.25, 0.3) is 0 Å². The van der Waals surface area contributed by atoms with E-state index >= 15 is 0 Å². The molecule has 76 valence electrons. The Morgan fingerprint density at radius 3 is 2.43 bits per heavy atom. The van der Waals surface area contributed by atoms with Gasteiger partial charge in [0.15, 0.2) is 0 Å². The zero-order valence-corrected chi connectivity index (χ0v) is 8.66. The second-order valence-electron chi connectivity index (χ2n) is 3.44. The summed E-state index contributed by atoms with van der Waals surface area (Å²) in [6, 6.07) is 8.12. The quantitative estimate of drug-likeness (QED) is 0.773. The van der Waals surface area contributed by atoms with Gasteiger partial charge in [-0.25, -0.2) is 0 Å². The van der Waals surface area contributed by atoms with E-state index in [1.54, 1.807) is 11.9 Å². The summed E-state index contributed by atoms with van der Waals surface area (Å²) in [7, 11) is 1.76. The Labute approximate surface area is 84.5 Å². The Kier molecular flexibility index (Phi) is 3.65. The molecule has 1 aromatic carbocycles. The molecule has 0 heterocycles. The maximum atomic E-state index is 11.2.